The van der Waals surface area contributed by atoms with Crippen molar-refractivity contribution in [1.82, 2.24) is 9.97 Å². The van der Waals surface area contributed by atoms with Crippen molar-refractivity contribution < 1.29 is 0 Å². The van der Waals surface area contributed by atoms with Gasteiger partial charge < -0.3 is 5.32 Å². The molecule has 0 spiro atoms. The predicted molar refractivity (Wildman–Crippen MR) is 97.9 cm³/mol. The van der Waals surface area contributed by atoms with Crippen molar-refractivity contribution in [1.29, 1.82) is 0 Å². The molecule has 1 N–H and O–H groups in total. The zero-order chi connectivity index (χ0) is 15.8. The minimum absolute atomic E-state index is 0.0163. The third-order valence-electron chi connectivity index (χ3n) is 3.64. The van der Waals surface area contributed by atoms with Gasteiger partial charge in [0.05, 0.1) is 9.26 Å². The SMILES string of the molecule is CNc1nc(-c2cccc(C)c2C)nc(C(C)(C)C)c1I. The number of hydrogen-bond acceptors (Lipinski definition) is 3. The number of aryl methyl sites for hydroxylation is 1. The normalized spacial score (nSPS) is 11.6. The van der Waals surface area contributed by atoms with Crippen LogP contribution >= 0.6 is 22.6 Å². The predicted octanol–water partition coefficient (Wildman–Crippen LogP) is 4.70. The Labute approximate surface area is 140 Å². The van der Waals surface area contributed by atoms with Crippen LogP contribution in [0.25, 0.3) is 11.4 Å². The average molecular weight is 395 g/mol. The summed E-state index contributed by atoms with van der Waals surface area (Å²) in [4.78, 5) is 9.57. The van der Waals surface area contributed by atoms with Crippen LogP contribution in [0, 0.1) is 17.4 Å². The molecule has 112 valence electrons. The van der Waals surface area contributed by atoms with Gasteiger partial charge in [-0.15, -0.1) is 0 Å². The number of halogens is 1. The third kappa shape index (κ3) is 3.20. The van der Waals surface area contributed by atoms with Crippen molar-refractivity contribution in [3.05, 3.63) is 38.6 Å². The molecule has 0 aliphatic heterocycles. The van der Waals surface area contributed by atoms with Gasteiger partial charge in [-0.05, 0) is 47.6 Å². The Kier molecular flexibility index (Phi) is 4.56. The van der Waals surface area contributed by atoms with E-state index in [1.165, 1.54) is 11.1 Å². The lowest BCUT2D eigenvalue weighted by molar-refractivity contribution is 0.564. The van der Waals surface area contributed by atoms with Gasteiger partial charge in [0.15, 0.2) is 5.82 Å². The van der Waals surface area contributed by atoms with E-state index in [2.05, 4.69) is 80.7 Å². The number of aromatic nitrogens is 2. The summed E-state index contributed by atoms with van der Waals surface area (Å²) in [7, 11) is 1.91. The fraction of sp³-hybridized carbons (Fsp3) is 0.412. The van der Waals surface area contributed by atoms with Crippen LogP contribution in [0.5, 0.6) is 0 Å². The number of benzene rings is 1. The molecular weight excluding hydrogens is 373 g/mol. The lowest BCUT2D eigenvalue weighted by Crippen LogP contribution is -2.18. The van der Waals surface area contributed by atoms with Crippen LogP contribution in [0.4, 0.5) is 5.82 Å². The molecule has 2 aromatic rings. The topological polar surface area (TPSA) is 37.8 Å². The highest BCUT2D eigenvalue weighted by atomic mass is 127. The Bertz CT molecular complexity index is 672. The summed E-state index contributed by atoms with van der Waals surface area (Å²) in [5.41, 5.74) is 4.67. The second-order valence-corrected chi connectivity index (χ2v) is 7.38. The molecule has 2 rings (SSSR count). The summed E-state index contributed by atoms with van der Waals surface area (Å²) in [5.74, 6) is 1.69. The van der Waals surface area contributed by atoms with Crippen LogP contribution in [0.1, 0.15) is 37.6 Å². The molecule has 0 saturated carbocycles. The Balaban J connectivity index is 2.73. The Morgan fingerprint density at radius 1 is 1.10 bits per heavy atom. The second-order valence-electron chi connectivity index (χ2n) is 6.31. The minimum atomic E-state index is -0.0163. The van der Waals surface area contributed by atoms with Gasteiger partial charge >= 0.3 is 0 Å². The van der Waals surface area contributed by atoms with Crippen LogP contribution in [0.2, 0.25) is 0 Å². The lowest BCUT2D eigenvalue weighted by Gasteiger charge is -2.22. The standard InChI is InChI=1S/C17H22IN3/c1-10-8-7-9-12(11(10)2)15-20-14(17(3,4)5)13(18)16(19-6)21-15/h7-9H,1-6H3,(H,19,20,21). The van der Waals surface area contributed by atoms with E-state index in [0.29, 0.717) is 0 Å². The lowest BCUT2D eigenvalue weighted by atomic mass is 9.91. The first-order chi connectivity index (χ1) is 9.75. The number of nitrogens with one attached hydrogen (secondary N) is 1. The minimum Gasteiger partial charge on any atom is -0.372 e. The number of nitrogens with zero attached hydrogens (tertiary/aromatic N) is 2. The first-order valence-electron chi connectivity index (χ1n) is 7.08. The van der Waals surface area contributed by atoms with Gasteiger partial charge in [-0.3, -0.25) is 0 Å². The van der Waals surface area contributed by atoms with Crippen LogP contribution in [-0.2, 0) is 5.41 Å². The molecule has 1 heterocycles. The van der Waals surface area contributed by atoms with Crippen LogP contribution in [0.15, 0.2) is 18.2 Å². The van der Waals surface area contributed by atoms with Gasteiger partial charge in [-0.2, -0.15) is 0 Å². The molecule has 0 bridgehead atoms. The summed E-state index contributed by atoms with van der Waals surface area (Å²) in [6, 6.07) is 6.28. The van der Waals surface area contributed by atoms with Gasteiger partial charge in [0.1, 0.15) is 5.82 Å². The molecule has 0 radical (unpaired) electrons. The molecule has 1 aromatic heterocycles. The van der Waals surface area contributed by atoms with Crippen molar-refractivity contribution in [2.45, 2.75) is 40.0 Å². The monoisotopic (exact) mass is 395 g/mol. The molecular formula is C17H22IN3. The Morgan fingerprint density at radius 2 is 1.76 bits per heavy atom. The Morgan fingerprint density at radius 3 is 2.33 bits per heavy atom. The third-order valence-corrected chi connectivity index (χ3v) is 4.67. The highest BCUT2D eigenvalue weighted by Gasteiger charge is 2.23. The van der Waals surface area contributed by atoms with E-state index in [1.807, 2.05) is 7.05 Å². The molecule has 3 nitrogen and oxygen atoms in total. The molecule has 1 aromatic carbocycles. The first kappa shape index (κ1) is 16.2. The largest absolute Gasteiger partial charge is 0.372 e. The van der Waals surface area contributed by atoms with Gasteiger partial charge in [-0.25, -0.2) is 9.97 Å². The molecule has 0 aliphatic carbocycles. The maximum Gasteiger partial charge on any atom is 0.162 e. The first-order valence-corrected chi connectivity index (χ1v) is 8.16. The summed E-state index contributed by atoms with van der Waals surface area (Å²) in [6.07, 6.45) is 0. The van der Waals surface area contributed by atoms with E-state index in [-0.39, 0.29) is 5.41 Å². The fourth-order valence-corrected chi connectivity index (χ4v) is 3.54. The zero-order valence-electron chi connectivity index (χ0n) is 13.5. The van der Waals surface area contributed by atoms with Gasteiger partial charge in [0.2, 0.25) is 0 Å². The van der Waals surface area contributed by atoms with Crippen molar-refractivity contribution in [2.75, 3.05) is 12.4 Å². The van der Waals surface area contributed by atoms with E-state index < -0.39 is 0 Å². The van der Waals surface area contributed by atoms with E-state index in [9.17, 15) is 0 Å². The summed E-state index contributed by atoms with van der Waals surface area (Å²) < 4.78 is 1.09. The molecule has 0 amide bonds. The molecule has 0 atom stereocenters. The van der Waals surface area contributed by atoms with Gasteiger partial charge in [-0.1, -0.05) is 39.0 Å². The van der Waals surface area contributed by atoms with Crippen LogP contribution < -0.4 is 5.32 Å². The summed E-state index contributed by atoms with van der Waals surface area (Å²) in [5, 5.41) is 3.19. The molecule has 0 unspecified atom stereocenters. The zero-order valence-corrected chi connectivity index (χ0v) is 15.7. The van der Waals surface area contributed by atoms with Crippen molar-refractivity contribution in [2.24, 2.45) is 0 Å². The molecule has 0 saturated heterocycles. The maximum atomic E-state index is 4.87. The average Bonchev–Trinajstić information content (AvgIpc) is 2.41. The second kappa shape index (κ2) is 5.91. The van der Waals surface area contributed by atoms with Crippen molar-refractivity contribution in [3.8, 4) is 11.4 Å². The van der Waals surface area contributed by atoms with E-state index in [0.717, 1.165) is 26.5 Å². The quantitative estimate of drug-likeness (QED) is 0.749. The summed E-state index contributed by atoms with van der Waals surface area (Å²) in [6.45, 7) is 10.8. The number of rotatable bonds is 2. The molecule has 21 heavy (non-hydrogen) atoms. The number of hydrogen-bond donors (Lipinski definition) is 1. The van der Waals surface area contributed by atoms with E-state index >= 15 is 0 Å². The van der Waals surface area contributed by atoms with E-state index in [4.69, 9.17) is 9.97 Å². The smallest absolute Gasteiger partial charge is 0.162 e. The van der Waals surface area contributed by atoms with Crippen molar-refractivity contribution in [3.63, 3.8) is 0 Å². The van der Waals surface area contributed by atoms with Gasteiger partial charge in [0.25, 0.3) is 0 Å². The molecule has 0 aliphatic rings. The van der Waals surface area contributed by atoms with Crippen LogP contribution in [-0.4, -0.2) is 17.0 Å². The molecule has 4 heteroatoms. The Hall–Kier alpha value is -1.17. The van der Waals surface area contributed by atoms with Crippen molar-refractivity contribution >= 4 is 28.4 Å². The molecule has 0 fully saturated rings. The van der Waals surface area contributed by atoms with E-state index in [1.54, 1.807) is 0 Å². The maximum absolute atomic E-state index is 4.87. The fourth-order valence-electron chi connectivity index (χ4n) is 2.22. The highest BCUT2D eigenvalue weighted by molar-refractivity contribution is 14.1. The summed E-state index contributed by atoms with van der Waals surface area (Å²) >= 11 is 2.33. The van der Waals surface area contributed by atoms with Gasteiger partial charge in [0, 0.05) is 18.0 Å². The highest BCUT2D eigenvalue weighted by Crippen LogP contribution is 2.32. The number of anilines is 1. The van der Waals surface area contributed by atoms with Crippen LogP contribution in [0.3, 0.4) is 0 Å².